The number of piperidine rings is 1. The normalized spacial score (nSPS) is 15.3. The third kappa shape index (κ3) is 3.53. The van der Waals surface area contributed by atoms with Crippen molar-refractivity contribution in [2.24, 2.45) is 7.05 Å². The summed E-state index contributed by atoms with van der Waals surface area (Å²) in [5, 5.41) is 3.06. The van der Waals surface area contributed by atoms with Crippen LogP contribution >= 0.6 is 0 Å². The molecule has 1 saturated heterocycles. The Morgan fingerprint density at radius 2 is 2.04 bits per heavy atom. The minimum absolute atomic E-state index is 0.0642. The lowest BCUT2D eigenvalue weighted by Crippen LogP contribution is -2.45. The van der Waals surface area contributed by atoms with Crippen molar-refractivity contribution in [2.45, 2.75) is 25.8 Å². The Morgan fingerprint density at radius 1 is 1.26 bits per heavy atom. The molecule has 4 heterocycles. The van der Waals surface area contributed by atoms with Crippen LogP contribution in [0, 0.1) is 6.92 Å². The highest BCUT2D eigenvalue weighted by atomic mass is 16.2. The highest BCUT2D eigenvalue weighted by Gasteiger charge is 2.23. The first-order chi connectivity index (χ1) is 13.0. The van der Waals surface area contributed by atoms with Gasteiger partial charge in [0.15, 0.2) is 5.65 Å². The van der Waals surface area contributed by atoms with E-state index in [-0.39, 0.29) is 17.5 Å². The molecule has 0 bridgehead atoms. The third-order valence-corrected chi connectivity index (χ3v) is 4.78. The molecule has 0 atom stereocenters. The molecule has 9 heteroatoms. The van der Waals surface area contributed by atoms with E-state index >= 15 is 0 Å². The van der Waals surface area contributed by atoms with Crippen LogP contribution < -0.4 is 15.8 Å². The number of amides is 1. The number of imidazole rings is 1. The number of anilines is 1. The van der Waals surface area contributed by atoms with Crippen LogP contribution in [-0.2, 0) is 7.05 Å². The van der Waals surface area contributed by atoms with Gasteiger partial charge in [-0.15, -0.1) is 0 Å². The second-order valence-corrected chi connectivity index (χ2v) is 6.84. The average Bonchev–Trinajstić information content (AvgIpc) is 3.02. The average molecular weight is 367 g/mol. The van der Waals surface area contributed by atoms with E-state index in [1.807, 2.05) is 11.9 Å². The molecular weight excluding hydrogens is 346 g/mol. The van der Waals surface area contributed by atoms with Crippen molar-refractivity contribution in [2.75, 3.05) is 18.0 Å². The summed E-state index contributed by atoms with van der Waals surface area (Å²) in [4.78, 5) is 42.0. The second-order valence-electron chi connectivity index (χ2n) is 6.84. The van der Waals surface area contributed by atoms with Gasteiger partial charge in [0.1, 0.15) is 11.2 Å². The second kappa shape index (κ2) is 6.82. The van der Waals surface area contributed by atoms with Crippen LogP contribution in [-0.4, -0.2) is 49.5 Å². The van der Waals surface area contributed by atoms with E-state index in [2.05, 4.69) is 25.3 Å². The molecule has 2 N–H and O–H groups in total. The Bertz CT molecular complexity index is 1050. The SMILES string of the molecule is Cc1cc(=O)[nH]c(N2CCC(NC(=O)c3ccc4ncn(C)c4n3)CC2)n1. The molecule has 3 aromatic rings. The summed E-state index contributed by atoms with van der Waals surface area (Å²) in [5.74, 6) is 0.409. The van der Waals surface area contributed by atoms with Crippen LogP contribution in [0.4, 0.5) is 5.95 Å². The lowest BCUT2D eigenvalue weighted by atomic mass is 10.1. The van der Waals surface area contributed by atoms with Gasteiger partial charge in [-0.1, -0.05) is 0 Å². The van der Waals surface area contributed by atoms with Gasteiger partial charge in [0.25, 0.3) is 11.5 Å². The Morgan fingerprint density at radius 3 is 2.78 bits per heavy atom. The van der Waals surface area contributed by atoms with E-state index in [1.54, 1.807) is 30.0 Å². The first kappa shape index (κ1) is 17.2. The van der Waals surface area contributed by atoms with Crippen molar-refractivity contribution in [3.63, 3.8) is 0 Å². The Kier molecular flexibility index (Phi) is 4.35. The van der Waals surface area contributed by atoms with Gasteiger partial charge in [0.2, 0.25) is 5.95 Å². The first-order valence-corrected chi connectivity index (χ1v) is 8.91. The fraction of sp³-hybridized carbons (Fsp3) is 0.389. The monoisotopic (exact) mass is 367 g/mol. The van der Waals surface area contributed by atoms with Crippen molar-refractivity contribution >= 4 is 23.0 Å². The molecule has 0 radical (unpaired) electrons. The van der Waals surface area contributed by atoms with E-state index in [4.69, 9.17) is 0 Å². The number of hydrogen-bond acceptors (Lipinski definition) is 6. The zero-order chi connectivity index (χ0) is 19.0. The molecule has 3 aromatic heterocycles. The molecule has 1 aliphatic rings. The molecule has 0 aliphatic carbocycles. The van der Waals surface area contributed by atoms with Crippen LogP contribution in [0.5, 0.6) is 0 Å². The van der Waals surface area contributed by atoms with Crippen LogP contribution in [0.2, 0.25) is 0 Å². The fourth-order valence-electron chi connectivity index (χ4n) is 3.34. The summed E-state index contributed by atoms with van der Waals surface area (Å²) in [6, 6.07) is 5.04. The number of aromatic nitrogens is 5. The predicted octanol–water partition coefficient (Wildman–Crippen LogP) is 0.759. The molecular formula is C18H21N7O2. The van der Waals surface area contributed by atoms with Gasteiger partial charge in [-0.2, -0.15) is 0 Å². The molecule has 27 heavy (non-hydrogen) atoms. The largest absolute Gasteiger partial charge is 0.348 e. The van der Waals surface area contributed by atoms with Crippen molar-refractivity contribution < 1.29 is 4.79 Å². The number of pyridine rings is 1. The quantitative estimate of drug-likeness (QED) is 0.707. The van der Waals surface area contributed by atoms with Gasteiger partial charge in [-0.05, 0) is 31.9 Å². The number of carbonyl (C=O) groups is 1. The van der Waals surface area contributed by atoms with Crippen LogP contribution in [0.3, 0.4) is 0 Å². The Balaban J connectivity index is 1.40. The molecule has 0 aromatic carbocycles. The molecule has 0 unspecified atom stereocenters. The summed E-state index contributed by atoms with van der Waals surface area (Å²) >= 11 is 0. The highest BCUT2D eigenvalue weighted by molar-refractivity contribution is 5.94. The van der Waals surface area contributed by atoms with E-state index in [1.165, 1.54) is 6.07 Å². The van der Waals surface area contributed by atoms with Gasteiger partial charge in [0.05, 0.1) is 6.33 Å². The number of aromatic amines is 1. The standard InChI is InChI=1S/C18H21N7O2/c1-11-9-15(26)23-18(20-11)25-7-5-12(6-8-25)21-17(27)14-4-3-13-16(22-14)24(2)10-19-13/h3-4,9-10,12H,5-8H2,1-2H3,(H,21,27)(H,20,23,26). The van der Waals surface area contributed by atoms with E-state index < -0.39 is 0 Å². The summed E-state index contributed by atoms with van der Waals surface area (Å²) in [6.45, 7) is 3.23. The number of aryl methyl sites for hydroxylation is 2. The number of carbonyl (C=O) groups excluding carboxylic acids is 1. The van der Waals surface area contributed by atoms with Gasteiger partial charge < -0.3 is 14.8 Å². The smallest absolute Gasteiger partial charge is 0.270 e. The fourth-order valence-corrected chi connectivity index (χ4v) is 3.34. The molecule has 1 fully saturated rings. The number of nitrogens with zero attached hydrogens (tertiary/aromatic N) is 5. The predicted molar refractivity (Wildman–Crippen MR) is 101 cm³/mol. The summed E-state index contributed by atoms with van der Waals surface area (Å²) < 4.78 is 1.79. The molecule has 0 saturated carbocycles. The molecule has 140 valence electrons. The number of H-pyrrole nitrogens is 1. The van der Waals surface area contributed by atoms with Crippen LogP contribution in [0.25, 0.3) is 11.2 Å². The molecule has 1 amide bonds. The summed E-state index contributed by atoms with van der Waals surface area (Å²) in [5.41, 5.74) is 2.39. The van der Waals surface area contributed by atoms with Gasteiger partial charge in [0, 0.05) is 37.9 Å². The van der Waals surface area contributed by atoms with Crippen molar-refractivity contribution in [1.82, 2.24) is 29.8 Å². The number of rotatable bonds is 3. The lowest BCUT2D eigenvalue weighted by Gasteiger charge is -2.32. The maximum absolute atomic E-state index is 12.6. The highest BCUT2D eigenvalue weighted by Crippen LogP contribution is 2.16. The van der Waals surface area contributed by atoms with Crippen molar-refractivity contribution in [3.8, 4) is 0 Å². The van der Waals surface area contributed by atoms with Crippen molar-refractivity contribution in [3.05, 3.63) is 46.3 Å². The Labute approximate surface area is 155 Å². The van der Waals surface area contributed by atoms with E-state index in [0.29, 0.717) is 36.1 Å². The minimum Gasteiger partial charge on any atom is -0.348 e. The third-order valence-electron chi connectivity index (χ3n) is 4.78. The molecule has 0 spiro atoms. The van der Waals surface area contributed by atoms with E-state index in [9.17, 15) is 9.59 Å². The molecule has 1 aliphatic heterocycles. The minimum atomic E-state index is -0.182. The number of fused-ring (bicyclic) bond motifs is 1. The number of nitrogens with one attached hydrogen (secondary N) is 2. The molecule has 9 nitrogen and oxygen atoms in total. The summed E-state index contributed by atoms with van der Waals surface area (Å²) in [6.07, 6.45) is 3.23. The zero-order valence-electron chi connectivity index (χ0n) is 15.3. The topological polar surface area (TPSA) is 109 Å². The Hall–Kier alpha value is -3.23. The maximum atomic E-state index is 12.6. The van der Waals surface area contributed by atoms with Crippen LogP contribution in [0.15, 0.2) is 29.3 Å². The van der Waals surface area contributed by atoms with Gasteiger partial charge >= 0.3 is 0 Å². The first-order valence-electron chi connectivity index (χ1n) is 8.91. The maximum Gasteiger partial charge on any atom is 0.270 e. The molecule has 4 rings (SSSR count). The number of hydrogen-bond donors (Lipinski definition) is 2. The van der Waals surface area contributed by atoms with Crippen LogP contribution in [0.1, 0.15) is 29.0 Å². The van der Waals surface area contributed by atoms with Gasteiger partial charge in [-0.3, -0.25) is 14.6 Å². The summed E-state index contributed by atoms with van der Waals surface area (Å²) in [7, 11) is 1.85. The van der Waals surface area contributed by atoms with Gasteiger partial charge in [-0.25, -0.2) is 15.0 Å². The zero-order valence-corrected chi connectivity index (χ0v) is 15.3. The van der Waals surface area contributed by atoms with E-state index in [0.717, 1.165) is 18.4 Å². The lowest BCUT2D eigenvalue weighted by molar-refractivity contribution is 0.0926. The van der Waals surface area contributed by atoms with Crippen molar-refractivity contribution in [1.29, 1.82) is 0 Å².